The van der Waals surface area contributed by atoms with E-state index in [1.54, 1.807) is 24.3 Å². The van der Waals surface area contributed by atoms with Crippen LogP contribution >= 0.6 is 0 Å². The van der Waals surface area contributed by atoms with E-state index >= 15 is 0 Å². The molecule has 2 aromatic carbocycles. The van der Waals surface area contributed by atoms with Crippen LogP contribution in [0.4, 0.5) is 11.4 Å². The Morgan fingerprint density at radius 3 is 1.85 bits per heavy atom. The molecule has 16 nitrogen and oxygen atoms in total. The van der Waals surface area contributed by atoms with Crippen LogP contribution < -0.4 is 21.1 Å². The zero-order valence-electron chi connectivity index (χ0n) is 30.0. The quantitative estimate of drug-likeness (QED) is 0.0685. The molecule has 0 bridgehead atoms. The smallest absolute Gasteiger partial charge is 0.264 e. The molecule has 1 saturated heterocycles. The molecule has 4 N–H and O–H groups in total. The van der Waals surface area contributed by atoms with E-state index in [-0.39, 0.29) is 42.0 Å². The van der Waals surface area contributed by atoms with Gasteiger partial charge in [-0.2, -0.15) is 0 Å². The van der Waals surface area contributed by atoms with Gasteiger partial charge >= 0.3 is 0 Å². The molecule has 2 aromatic rings. The molecule has 16 heteroatoms. The largest absolute Gasteiger partial charge is 0.491 e. The number of hydrogen-bond donors (Lipinski definition) is 3. The van der Waals surface area contributed by atoms with Gasteiger partial charge in [-0.25, -0.2) is 0 Å². The summed E-state index contributed by atoms with van der Waals surface area (Å²) in [4.78, 5) is 63.5. The monoisotopic (exact) mass is 742 g/mol. The number of carbonyl (C=O) groups excluding carboxylic acids is 5. The fourth-order valence-corrected chi connectivity index (χ4v) is 5.48. The summed E-state index contributed by atoms with van der Waals surface area (Å²) >= 11 is 0. The molecular weight excluding hydrogens is 692 g/mol. The zero-order chi connectivity index (χ0) is 37.7. The second-order valence-corrected chi connectivity index (χ2v) is 12.1. The van der Waals surface area contributed by atoms with Crippen molar-refractivity contribution in [3.63, 3.8) is 0 Å². The van der Waals surface area contributed by atoms with E-state index in [0.717, 1.165) is 23.5 Å². The minimum absolute atomic E-state index is 0.0294. The molecule has 53 heavy (non-hydrogen) atoms. The van der Waals surface area contributed by atoms with Crippen LogP contribution in [0.15, 0.2) is 42.5 Å². The van der Waals surface area contributed by atoms with Crippen molar-refractivity contribution in [2.24, 2.45) is 0 Å². The Balaban J connectivity index is 0.898. The summed E-state index contributed by atoms with van der Waals surface area (Å²) in [6, 6.07) is 10.7. The summed E-state index contributed by atoms with van der Waals surface area (Å²) in [6.07, 6.45) is 2.46. The van der Waals surface area contributed by atoms with Crippen molar-refractivity contribution < 1.29 is 57.1 Å². The molecule has 0 saturated carbocycles. The highest BCUT2D eigenvalue weighted by atomic mass is 16.6. The van der Waals surface area contributed by atoms with Gasteiger partial charge < -0.3 is 44.2 Å². The minimum Gasteiger partial charge on any atom is -0.491 e. The van der Waals surface area contributed by atoms with Gasteiger partial charge in [0.15, 0.2) is 0 Å². The van der Waals surface area contributed by atoms with Gasteiger partial charge in [0.25, 0.3) is 11.8 Å². The van der Waals surface area contributed by atoms with Crippen molar-refractivity contribution in [1.82, 2.24) is 10.2 Å². The van der Waals surface area contributed by atoms with Crippen molar-refractivity contribution in [3.05, 3.63) is 53.6 Å². The molecule has 1 fully saturated rings. The number of anilines is 2. The van der Waals surface area contributed by atoms with E-state index in [4.69, 9.17) is 38.9 Å². The predicted molar refractivity (Wildman–Crippen MR) is 191 cm³/mol. The van der Waals surface area contributed by atoms with E-state index < -0.39 is 29.7 Å². The number of imide groups is 2. The normalized spacial score (nSPS) is 15.5. The number of rotatable bonds is 27. The number of nitrogens with two attached hydrogens (primary N) is 1. The third kappa shape index (κ3) is 14.1. The number of fused-ring (bicyclic) bond motifs is 1. The number of amides is 5. The summed E-state index contributed by atoms with van der Waals surface area (Å²) in [5.74, 6) is -1.96. The van der Waals surface area contributed by atoms with Crippen LogP contribution in [0.3, 0.4) is 0 Å². The number of ether oxygens (including phenoxy) is 7. The predicted octanol–water partition coefficient (Wildman–Crippen LogP) is 2.35. The molecule has 4 rings (SSSR count). The Hall–Kier alpha value is -4.45. The van der Waals surface area contributed by atoms with Crippen molar-refractivity contribution in [2.45, 2.75) is 44.6 Å². The van der Waals surface area contributed by atoms with E-state index in [1.807, 2.05) is 12.1 Å². The van der Waals surface area contributed by atoms with Crippen LogP contribution in [0.5, 0.6) is 5.75 Å². The van der Waals surface area contributed by atoms with Gasteiger partial charge in [-0.15, -0.1) is 0 Å². The van der Waals surface area contributed by atoms with Crippen LogP contribution in [0, 0.1) is 0 Å². The maximum atomic E-state index is 13.2. The lowest BCUT2D eigenvalue weighted by Crippen LogP contribution is -2.54. The van der Waals surface area contributed by atoms with E-state index in [2.05, 4.69) is 10.6 Å². The number of nitrogens with zero attached hydrogens (tertiary/aromatic N) is 1. The zero-order valence-corrected chi connectivity index (χ0v) is 30.0. The van der Waals surface area contributed by atoms with Crippen LogP contribution in [0.2, 0.25) is 0 Å². The Kier molecular flexibility index (Phi) is 18.1. The highest BCUT2D eigenvalue weighted by Crippen LogP contribution is 2.32. The fraction of sp³-hybridized carbons (Fsp3) is 0.541. The molecule has 2 aliphatic heterocycles. The molecule has 0 aromatic heterocycles. The first-order chi connectivity index (χ1) is 25.8. The number of hydrogen-bond acceptors (Lipinski definition) is 13. The van der Waals surface area contributed by atoms with Crippen LogP contribution in [0.25, 0.3) is 0 Å². The second kappa shape index (κ2) is 23.3. The number of benzene rings is 2. The Morgan fingerprint density at radius 2 is 1.26 bits per heavy atom. The highest BCUT2D eigenvalue weighted by Gasteiger charge is 2.45. The van der Waals surface area contributed by atoms with Gasteiger partial charge in [0.2, 0.25) is 17.7 Å². The molecule has 2 heterocycles. The van der Waals surface area contributed by atoms with Crippen molar-refractivity contribution in [1.29, 1.82) is 0 Å². The lowest BCUT2D eigenvalue weighted by atomic mass is 10.0. The van der Waals surface area contributed by atoms with Crippen molar-refractivity contribution >= 4 is 40.9 Å². The molecule has 0 spiro atoms. The van der Waals surface area contributed by atoms with Gasteiger partial charge in [-0.3, -0.25) is 34.2 Å². The van der Waals surface area contributed by atoms with E-state index in [9.17, 15) is 24.0 Å². The standard InChI is InChI=1S/C37H50N4O12/c38-27-8-10-28(11-9-27)53-26-25-52-24-23-51-22-21-50-20-19-49-18-17-48-16-15-47-14-3-1-2-7-32(42)39-30-6-4-5-29-34(30)37(46)41(36(29)45)31-12-13-33(43)40-35(31)44/h4-6,8-11,31H,1-3,7,12-26,38H2,(H,39,42)(H,40,43,44). The Bertz CT molecular complexity index is 1490. The van der Waals surface area contributed by atoms with Gasteiger partial charge in [0, 0.05) is 25.1 Å². The molecule has 1 atom stereocenters. The number of carbonyl (C=O) groups is 5. The molecule has 0 aliphatic carbocycles. The molecule has 5 amide bonds. The van der Waals surface area contributed by atoms with Gasteiger partial charge in [0.1, 0.15) is 18.4 Å². The first-order valence-corrected chi connectivity index (χ1v) is 17.9. The average Bonchev–Trinajstić information content (AvgIpc) is 3.40. The third-order valence-corrected chi connectivity index (χ3v) is 8.17. The summed E-state index contributed by atoms with van der Waals surface area (Å²) in [7, 11) is 0. The highest BCUT2D eigenvalue weighted by molar-refractivity contribution is 6.26. The number of unbranched alkanes of at least 4 members (excludes halogenated alkanes) is 2. The van der Waals surface area contributed by atoms with Crippen LogP contribution in [-0.4, -0.2) is 126 Å². The molecule has 2 aliphatic rings. The molecular formula is C37H50N4O12. The SMILES string of the molecule is Nc1ccc(OCCOCCOCCOCCOCCOCCOCCCCCC(=O)Nc2cccc3c2C(=O)N(C2CCC(=O)NC2=O)C3=O)cc1. The van der Waals surface area contributed by atoms with Gasteiger partial charge in [-0.05, 0) is 55.7 Å². The third-order valence-electron chi connectivity index (χ3n) is 8.17. The van der Waals surface area contributed by atoms with E-state index in [0.29, 0.717) is 98.0 Å². The van der Waals surface area contributed by atoms with Crippen LogP contribution in [0.1, 0.15) is 59.2 Å². The molecule has 1 unspecified atom stereocenters. The Morgan fingerprint density at radius 1 is 0.698 bits per heavy atom. The Labute approximate surface area is 308 Å². The summed E-state index contributed by atoms with van der Waals surface area (Å²) in [5.41, 5.74) is 6.72. The second-order valence-electron chi connectivity index (χ2n) is 12.1. The maximum Gasteiger partial charge on any atom is 0.264 e. The lowest BCUT2D eigenvalue weighted by Gasteiger charge is -2.27. The fourth-order valence-electron chi connectivity index (χ4n) is 5.48. The maximum absolute atomic E-state index is 13.2. The van der Waals surface area contributed by atoms with E-state index in [1.165, 1.54) is 6.07 Å². The average molecular weight is 743 g/mol. The molecule has 290 valence electrons. The first kappa shape index (κ1) is 41.3. The first-order valence-electron chi connectivity index (χ1n) is 17.9. The van der Waals surface area contributed by atoms with Crippen molar-refractivity contribution in [3.8, 4) is 5.75 Å². The summed E-state index contributed by atoms with van der Waals surface area (Å²) < 4.78 is 38.6. The number of piperidine rings is 1. The van der Waals surface area contributed by atoms with Gasteiger partial charge in [0.05, 0.1) is 89.5 Å². The van der Waals surface area contributed by atoms with Crippen molar-refractivity contribution in [2.75, 3.05) is 96.9 Å². The summed E-state index contributed by atoms with van der Waals surface area (Å²) in [5, 5.41) is 4.90. The summed E-state index contributed by atoms with van der Waals surface area (Å²) in [6.45, 7) is 6.10. The lowest BCUT2D eigenvalue weighted by molar-refractivity contribution is -0.136. The minimum atomic E-state index is -1.07. The number of nitrogens with one attached hydrogen (secondary N) is 2. The number of nitrogen functional groups attached to an aromatic ring is 1. The topological polar surface area (TPSA) is 203 Å². The molecule has 0 radical (unpaired) electrons. The van der Waals surface area contributed by atoms with Gasteiger partial charge in [-0.1, -0.05) is 12.5 Å². The van der Waals surface area contributed by atoms with Crippen LogP contribution in [-0.2, 0) is 42.8 Å².